The molecule has 0 aromatic heterocycles. The zero-order chi connectivity index (χ0) is 28.6. The highest BCUT2D eigenvalue weighted by Gasteiger charge is 2.30. The molecule has 0 aliphatic carbocycles. The van der Waals surface area contributed by atoms with E-state index in [1.807, 2.05) is 50.2 Å². The van der Waals surface area contributed by atoms with Gasteiger partial charge in [-0.3, -0.25) is 13.9 Å². The van der Waals surface area contributed by atoms with Crippen molar-refractivity contribution in [1.29, 1.82) is 0 Å². The Kier molecular flexibility index (Phi) is 10.2. The Bertz CT molecular complexity index is 1400. The van der Waals surface area contributed by atoms with Gasteiger partial charge in [-0.05, 0) is 49.1 Å². The molecular formula is C30H36FN3O4S. The van der Waals surface area contributed by atoms with E-state index in [2.05, 4.69) is 5.32 Å². The molecular weight excluding hydrogens is 517 g/mol. The summed E-state index contributed by atoms with van der Waals surface area (Å²) >= 11 is 0. The van der Waals surface area contributed by atoms with Crippen LogP contribution >= 0.6 is 0 Å². The molecule has 3 aromatic rings. The van der Waals surface area contributed by atoms with Gasteiger partial charge in [0.15, 0.2) is 0 Å². The van der Waals surface area contributed by atoms with E-state index in [1.54, 1.807) is 30.3 Å². The largest absolute Gasteiger partial charge is 0.357 e. The van der Waals surface area contributed by atoms with Gasteiger partial charge in [0, 0.05) is 38.5 Å². The van der Waals surface area contributed by atoms with Gasteiger partial charge in [0.2, 0.25) is 21.8 Å². The molecule has 208 valence electrons. The molecule has 0 heterocycles. The summed E-state index contributed by atoms with van der Waals surface area (Å²) in [6.07, 6.45) is 1.59. The van der Waals surface area contributed by atoms with Crippen molar-refractivity contribution < 1.29 is 22.4 Å². The minimum absolute atomic E-state index is 0.0202. The molecule has 1 unspecified atom stereocenters. The quantitative estimate of drug-likeness (QED) is 0.361. The molecule has 1 atom stereocenters. The number of hydrogen-bond donors (Lipinski definition) is 1. The topological polar surface area (TPSA) is 86.8 Å². The lowest BCUT2D eigenvalue weighted by atomic mass is 10.0. The van der Waals surface area contributed by atoms with E-state index in [0.29, 0.717) is 11.3 Å². The fourth-order valence-corrected chi connectivity index (χ4v) is 5.53. The van der Waals surface area contributed by atoms with Gasteiger partial charge in [-0.15, -0.1) is 0 Å². The Morgan fingerprint density at radius 1 is 0.949 bits per heavy atom. The summed E-state index contributed by atoms with van der Waals surface area (Å²) in [5.41, 5.74) is 3.53. The lowest BCUT2D eigenvalue weighted by molar-refractivity contribution is -0.141. The third-order valence-corrected chi connectivity index (χ3v) is 7.99. The predicted molar refractivity (Wildman–Crippen MR) is 152 cm³/mol. The number of aryl methyl sites for hydroxylation is 1. The number of carbonyl (C=O) groups excluding carboxylic acids is 2. The summed E-state index contributed by atoms with van der Waals surface area (Å²) in [7, 11) is -2.11. The van der Waals surface area contributed by atoms with E-state index in [4.69, 9.17) is 0 Å². The number of hydrogen-bond acceptors (Lipinski definition) is 4. The molecule has 9 heteroatoms. The van der Waals surface area contributed by atoms with Crippen LogP contribution in [0.25, 0.3) is 0 Å². The second-order valence-corrected chi connectivity index (χ2v) is 11.5. The van der Waals surface area contributed by atoms with Crippen LogP contribution in [0.5, 0.6) is 0 Å². The molecule has 39 heavy (non-hydrogen) atoms. The Morgan fingerprint density at radius 3 is 2.26 bits per heavy atom. The molecule has 0 aliphatic rings. The second-order valence-electron chi connectivity index (χ2n) is 9.59. The van der Waals surface area contributed by atoms with E-state index < -0.39 is 21.9 Å². The Morgan fingerprint density at radius 2 is 1.62 bits per heavy atom. The van der Waals surface area contributed by atoms with Crippen LogP contribution in [0.4, 0.5) is 10.1 Å². The number of sulfonamides is 1. The van der Waals surface area contributed by atoms with E-state index in [-0.39, 0.29) is 44.2 Å². The minimum Gasteiger partial charge on any atom is -0.357 e. The van der Waals surface area contributed by atoms with Crippen molar-refractivity contribution in [2.75, 3.05) is 24.2 Å². The van der Waals surface area contributed by atoms with Gasteiger partial charge < -0.3 is 10.2 Å². The van der Waals surface area contributed by atoms with Crippen molar-refractivity contribution in [3.63, 3.8) is 0 Å². The van der Waals surface area contributed by atoms with Crippen LogP contribution in [0.2, 0.25) is 0 Å². The number of carbonyl (C=O) groups is 2. The molecule has 0 fully saturated rings. The summed E-state index contributed by atoms with van der Waals surface area (Å²) in [5, 5.41) is 2.63. The SMILES string of the molecule is CNC(=O)C(Cc1ccccc1)N(Cc1ccccc1F)C(=O)CCCN(c1cccc(C)c1C)S(C)(=O)=O. The Balaban J connectivity index is 1.87. The zero-order valence-corrected chi connectivity index (χ0v) is 23.7. The highest BCUT2D eigenvalue weighted by atomic mass is 32.2. The zero-order valence-electron chi connectivity index (χ0n) is 22.9. The minimum atomic E-state index is -3.61. The molecule has 0 radical (unpaired) electrons. The van der Waals surface area contributed by atoms with Gasteiger partial charge in [-0.2, -0.15) is 0 Å². The maximum Gasteiger partial charge on any atom is 0.242 e. The standard InChI is InChI=1S/C30H36FN3O4S/c1-22-12-10-17-27(23(22)2)34(39(4,37)38)19-11-18-29(35)33(21-25-15-8-9-16-26(25)31)28(30(36)32-3)20-24-13-6-5-7-14-24/h5-10,12-17,28H,11,18-21H2,1-4H3,(H,32,36). The fraction of sp³-hybridized carbons (Fsp3) is 0.333. The van der Waals surface area contributed by atoms with Gasteiger partial charge in [0.25, 0.3) is 0 Å². The van der Waals surface area contributed by atoms with Crippen molar-refractivity contribution in [2.45, 2.75) is 45.7 Å². The van der Waals surface area contributed by atoms with E-state index in [1.165, 1.54) is 22.3 Å². The van der Waals surface area contributed by atoms with E-state index >= 15 is 0 Å². The van der Waals surface area contributed by atoms with Crippen LogP contribution in [0.1, 0.15) is 35.1 Å². The number of anilines is 1. The lowest BCUT2D eigenvalue weighted by Gasteiger charge is -2.32. The summed E-state index contributed by atoms with van der Waals surface area (Å²) in [5.74, 6) is -1.20. The highest BCUT2D eigenvalue weighted by Crippen LogP contribution is 2.26. The summed E-state index contributed by atoms with van der Waals surface area (Å²) < 4.78 is 41.2. The van der Waals surface area contributed by atoms with Crippen LogP contribution in [-0.4, -0.2) is 51.0 Å². The van der Waals surface area contributed by atoms with E-state index in [0.717, 1.165) is 22.9 Å². The third kappa shape index (κ3) is 7.89. The lowest BCUT2D eigenvalue weighted by Crippen LogP contribution is -2.50. The number of rotatable bonds is 12. The first-order valence-electron chi connectivity index (χ1n) is 12.8. The first kappa shape index (κ1) is 29.8. The monoisotopic (exact) mass is 553 g/mol. The maximum absolute atomic E-state index is 14.6. The van der Waals surface area contributed by atoms with Gasteiger partial charge in [-0.25, -0.2) is 12.8 Å². The number of halogens is 1. The second kappa shape index (κ2) is 13.4. The van der Waals surface area contributed by atoms with Crippen LogP contribution in [-0.2, 0) is 32.6 Å². The van der Waals surface area contributed by atoms with E-state index in [9.17, 15) is 22.4 Å². The first-order valence-corrected chi connectivity index (χ1v) is 14.7. The summed E-state index contributed by atoms with van der Waals surface area (Å²) in [6.45, 7) is 3.77. The van der Waals surface area contributed by atoms with Gasteiger partial charge in [-0.1, -0.05) is 60.7 Å². The van der Waals surface area contributed by atoms with Crippen molar-refractivity contribution in [2.24, 2.45) is 0 Å². The van der Waals surface area contributed by atoms with Crippen molar-refractivity contribution in [3.8, 4) is 0 Å². The average molecular weight is 554 g/mol. The van der Waals surface area contributed by atoms with Crippen LogP contribution < -0.4 is 9.62 Å². The Hall–Kier alpha value is -3.72. The molecule has 0 saturated carbocycles. The summed E-state index contributed by atoms with van der Waals surface area (Å²) in [6, 6.07) is 20.0. The average Bonchev–Trinajstić information content (AvgIpc) is 2.91. The van der Waals surface area contributed by atoms with Crippen LogP contribution in [0.3, 0.4) is 0 Å². The predicted octanol–water partition coefficient (Wildman–Crippen LogP) is 4.37. The molecule has 0 spiro atoms. The molecule has 0 saturated heterocycles. The highest BCUT2D eigenvalue weighted by molar-refractivity contribution is 7.92. The van der Waals surface area contributed by atoms with Crippen molar-refractivity contribution >= 4 is 27.5 Å². The number of nitrogens with one attached hydrogen (secondary N) is 1. The molecule has 0 aliphatic heterocycles. The number of benzene rings is 3. The smallest absolute Gasteiger partial charge is 0.242 e. The first-order chi connectivity index (χ1) is 18.5. The molecule has 3 rings (SSSR count). The number of amides is 2. The van der Waals surface area contributed by atoms with Gasteiger partial charge in [0.1, 0.15) is 11.9 Å². The number of likely N-dealkylation sites (N-methyl/N-ethyl adjacent to an activating group) is 1. The normalized spacial score (nSPS) is 12.0. The molecule has 1 N–H and O–H groups in total. The van der Waals surface area contributed by atoms with Gasteiger partial charge >= 0.3 is 0 Å². The molecule has 2 amide bonds. The van der Waals surface area contributed by atoms with Crippen LogP contribution in [0, 0.1) is 19.7 Å². The molecule has 3 aromatic carbocycles. The van der Waals surface area contributed by atoms with Crippen molar-refractivity contribution in [1.82, 2.24) is 10.2 Å². The fourth-order valence-electron chi connectivity index (χ4n) is 4.52. The number of nitrogens with zero attached hydrogens (tertiary/aromatic N) is 2. The third-order valence-electron chi connectivity index (χ3n) is 6.81. The van der Waals surface area contributed by atoms with Crippen LogP contribution in [0.15, 0.2) is 72.8 Å². The molecule has 0 bridgehead atoms. The van der Waals surface area contributed by atoms with Gasteiger partial charge in [0.05, 0.1) is 11.9 Å². The Labute approximate surface area is 230 Å². The van der Waals surface area contributed by atoms with Crippen molar-refractivity contribution in [3.05, 3.63) is 101 Å². The maximum atomic E-state index is 14.6. The summed E-state index contributed by atoms with van der Waals surface area (Å²) in [4.78, 5) is 28.1. The molecule has 7 nitrogen and oxygen atoms in total.